The summed E-state index contributed by atoms with van der Waals surface area (Å²) in [5, 5.41) is 0. The fourth-order valence-corrected chi connectivity index (χ4v) is 5.75. The molecule has 0 aromatic carbocycles. The van der Waals surface area contributed by atoms with E-state index in [4.69, 9.17) is 5.73 Å². The highest BCUT2D eigenvalue weighted by molar-refractivity contribution is 7.91. The Morgan fingerprint density at radius 3 is 2.59 bits per heavy atom. The van der Waals surface area contributed by atoms with Crippen molar-refractivity contribution in [2.75, 3.05) is 18.1 Å². The Hall–Kier alpha value is -0.390. The van der Waals surface area contributed by atoms with Crippen molar-refractivity contribution in [1.29, 1.82) is 0 Å². The van der Waals surface area contributed by atoms with Gasteiger partial charge in [-0.05, 0) is 37.9 Å². The van der Waals surface area contributed by atoms with E-state index in [-0.39, 0.29) is 11.2 Å². The third-order valence-corrected chi connectivity index (χ3v) is 6.63. The zero-order valence-electron chi connectivity index (χ0n) is 10.1. The van der Waals surface area contributed by atoms with Gasteiger partial charge in [-0.15, -0.1) is 11.3 Å². The van der Waals surface area contributed by atoms with E-state index in [1.165, 1.54) is 9.75 Å². The van der Waals surface area contributed by atoms with Crippen LogP contribution in [0.2, 0.25) is 0 Å². The van der Waals surface area contributed by atoms with E-state index < -0.39 is 9.84 Å². The van der Waals surface area contributed by atoms with E-state index in [0.29, 0.717) is 18.7 Å². The van der Waals surface area contributed by atoms with Gasteiger partial charge in [-0.2, -0.15) is 0 Å². The van der Waals surface area contributed by atoms with Crippen molar-refractivity contribution in [2.45, 2.75) is 26.2 Å². The number of hydrogen-bond donors (Lipinski definition) is 1. The SMILES string of the molecule is CCc1ccc(CC2(CN)CCS(=O)(=O)C2)s1. The van der Waals surface area contributed by atoms with E-state index in [9.17, 15) is 8.42 Å². The van der Waals surface area contributed by atoms with E-state index >= 15 is 0 Å². The first-order valence-electron chi connectivity index (χ1n) is 5.97. The molecule has 1 aromatic heterocycles. The van der Waals surface area contributed by atoms with Gasteiger partial charge in [0.2, 0.25) is 0 Å². The van der Waals surface area contributed by atoms with Gasteiger partial charge in [0.1, 0.15) is 0 Å². The Morgan fingerprint density at radius 2 is 2.12 bits per heavy atom. The van der Waals surface area contributed by atoms with Crippen molar-refractivity contribution in [2.24, 2.45) is 11.1 Å². The molecule has 0 spiro atoms. The van der Waals surface area contributed by atoms with Crippen LogP contribution in [0.5, 0.6) is 0 Å². The molecule has 2 rings (SSSR count). The summed E-state index contributed by atoms with van der Waals surface area (Å²) >= 11 is 1.78. The van der Waals surface area contributed by atoms with Gasteiger partial charge < -0.3 is 5.73 Å². The average Bonchev–Trinajstić information content (AvgIpc) is 2.84. The first-order valence-corrected chi connectivity index (χ1v) is 8.60. The summed E-state index contributed by atoms with van der Waals surface area (Å²) < 4.78 is 23.2. The number of aryl methyl sites for hydroxylation is 1. The van der Waals surface area contributed by atoms with E-state index in [1.54, 1.807) is 11.3 Å². The zero-order chi connectivity index (χ0) is 12.5. The summed E-state index contributed by atoms with van der Waals surface area (Å²) in [6.07, 6.45) is 2.57. The molecule has 1 fully saturated rings. The summed E-state index contributed by atoms with van der Waals surface area (Å²) in [5.74, 6) is 0.562. The van der Waals surface area contributed by atoms with Gasteiger partial charge in [-0.1, -0.05) is 6.92 Å². The molecule has 96 valence electrons. The lowest BCUT2D eigenvalue weighted by molar-refractivity contribution is 0.347. The largest absolute Gasteiger partial charge is 0.330 e. The van der Waals surface area contributed by atoms with E-state index in [1.807, 2.05) is 0 Å². The number of nitrogens with two attached hydrogens (primary N) is 1. The van der Waals surface area contributed by atoms with Gasteiger partial charge in [-0.25, -0.2) is 8.42 Å². The molecule has 1 aliphatic heterocycles. The molecule has 2 N–H and O–H groups in total. The minimum absolute atomic E-state index is 0.214. The van der Waals surface area contributed by atoms with E-state index in [0.717, 1.165) is 12.8 Å². The van der Waals surface area contributed by atoms with Crippen molar-refractivity contribution >= 4 is 21.2 Å². The fraction of sp³-hybridized carbons (Fsp3) is 0.667. The van der Waals surface area contributed by atoms with Crippen molar-refractivity contribution in [3.63, 3.8) is 0 Å². The predicted octanol–water partition coefficient (Wildman–Crippen LogP) is 1.62. The van der Waals surface area contributed by atoms with Crippen LogP contribution in [0, 0.1) is 5.41 Å². The van der Waals surface area contributed by atoms with Gasteiger partial charge in [-0.3, -0.25) is 0 Å². The summed E-state index contributed by atoms with van der Waals surface area (Å²) in [6, 6.07) is 4.25. The topological polar surface area (TPSA) is 60.2 Å². The van der Waals surface area contributed by atoms with Crippen LogP contribution in [-0.4, -0.2) is 26.5 Å². The van der Waals surface area contributed by atoms with Crippen LogP contribution in [0.1, 0.15) is 23.1 Å². The van der Waals surface area contributed by atoms with Gasteiger partial charge in [0.05, 0.1) is 11.5 Å². The second-order valence-corrected chi connectivity index (χ2v) is 8.38. The monoisotopic (exact) mass is 273 g/mol. The third-order valence-electron chi connectivity index (χ3n) is 3.52. The minimum atomic E-state index is -2.86. The molecule has 1 aromatic rings. The van der Waals surface area contributed by atoms with Crippen molar-refractivity contribution < 1.29 is 8.42 Å². The Kier molecular flexibility index (Phi) is 3.61. The van der Waals surface area contributed by atoms with Crippen LogP contribution in [0.15, 0.2) is 12.1 Å². The molecule has 1 saturated heterocycles. The molecule has 2 heterocycles. The lowest BCUT2D eigenvalue weighted by Crippen LogP contribution is -2.33. The molecule has 1 unspecified atom stereocenters. The first-order chi connectivity index (χ1) is 7.99. The third kappa shape index (κ3) is 2.89. The van der Waals surface area contributed by atoms with Crippen molar-refractivity contribution in [1.82, 2.24) is 0 Å². The van der Waals surface area contributed by atoms with Crippen LogP contribution in [0.4, 0.5) is 0 Å². The highest BCUT2D eigenvalue weighted by atomic mass is 32.2. The minimum Gasteiger partial charge on any atom is -0.330 e. The van der Waals surface area contributed by atoms with Crippen LogP contribution in [0.3, 0.4) is 0 Å². The highest BCUT2D eigenvalue weighted by Crippen LogP contribution is 2.36. The van der Waals surface area contributed by atoms with Gasteiger partial charge >= 0.3 is 0 Å². The van der Waals surface area contributed by atoms with Gasteiger partial charge in [0.25, 0.3) is 0 Å². The Labute approximate surface area is 107 Å². The Balaban J connectivity index is 2.15. The number of sulfone groups is 1. The number of rotatable bonds is 4. The average molecular weight is 273 g/mol. The maximum atomic E-state index is 11.6. The van der Waals surface area contributed by atoms with Crippen LogP contribution in [-0.2, 0) is 22.7 Å². The standard InChI is InChI=1S/C12H19NO2S2/c1-2-10-3-4-11(16-10)7-12(8-13)5-6-17(14,15)9-12/h3-4H,2,5-9,13H2,1H3. The lowest BCUT2D eigenvalue weighted by atomic mass is 9.83. The molecular weight excluding hydrogens is 254 g/mol. The smallest absolute Gasteiger partial charge is 0.150 e. The predicted molar refractivity (Wildman–Crippen MR) is 72.2 cm³/mol. The molecule has 1 atom stereocenters. The summed E-state index contributed by atoms with van der Waals surface area (Å²) in [4.78, 5) is 2.62. The quantitative estimate of drug-likeness (QED) is 0.907. The molecule has 0 aliphatic carbocycles. The number of thiophene rings is 1. The number of hydrogen-bond acceptors (Lipinski definition) is 4. The Morgan fingerprint density at radius 1 is 1.41 bits per heavy atom. The second kappa shape index (κ2) is 4.71. The normalized spacial score (nSPS) is 27.4. The first kappa shape index (κ1) is 13.1. The van der Waals surface area contributed by atoms with Crippen LogP contribution in [0.25, 0.3) is 0 Å². The molecule has 0 bridgehead atoms. The summed E-state index contributed by atoms with van der Waals surface area (Å²) in [6.45, 7) is 2.60. The van der Waals surface area contributed by atoms with Crippen molar-refractivity contribution in [3.8, 4) is 0 Å². The lowest BCUT2D eigenvalue weighted by Gasteiger charge is -2.24. The molecular formula is C12H19NO2S2. The van der Waals surface area contributed by atoms with Crippen molar-refractivity contribution in [3.05, 3.63) is 21.9 Å². The molecule has 1 aliphatic rings. The Bertz CT molecular complexity index is 492. The zero-order valence-corrected chi connectivity index (χ0v) is 11.7. The van der Waals surface area contributed by atoms with E-state index in [2.05, 4.69) is 19.1 Å². The highest BCUT2D eigenvalue weighted by Gasteiger charge is 2.41. The van der Waals surface area contributed by atoms with Gasteiger partial charge in [0, 0.05) is 15.2 Å². The molecule has 5 heteroatoms. The molecule has 0 amide bonds. The molecule has 3 nitrogen and oxygen atoms in total. The van der Waals surface area contributed by atoms with Gasteiger partial charge in [0.15, 0.2) is 9.84 Å². The summed E-state index contributed by atoms with van der Waals surface area (Å²) in [7, 11) is -2.86. The van der Waals surface area contributed by atoms with Crippen LogP contribution >= 0.6 is 11.3 Å². The summed E-state index contributed by atoms with van der Waals surface area (Å²) in [5.41, 5.74) is 5.60. The fourth-order valence-electron chi connectivity index (χ4n) is 2.43. The van der Waals surface area contributed by atoms with Crippen LogP contribution < -0.4 is 5.73 Å². The molecule has 17 heavy (non-hydrogen) atoms. The molecule has 0 radical (unpaired) electrons. The maximum Gasteiger partial charge on any atom is 0.150 e. The second-order valence-electron chi connectivity index (χ2n) is 4.94. The molecule has 0 saturated carbocycles. The maximum absolute atomic E-state index is 11.6.